The van der Waals surface area contributed by atoms with Crippen molar-refractivity contribution in [1.82, 2.24) is 16.0 Å². The molecule has 0 unspecified atom stereocenters. The first kappa shape index (κ1) is 15.3. The Balaban J connectivity index is 2.44. The molecule has 1 rings (SSSR count). The van der Waals surface area contributed by atoms with Gasteiger partial charge >= 0.3 is 0 Å². The highest BCUT2D eigenvalue weighted by Crippen LogP contribution is 2.15. The van der Waals surface area contributed by atoms with Crippen LogP contribution in [0.25, 0.3) is 0 Å². The van der Waals surface area contributed by atoms with Crippen molar-refractivity contribution in [1.29, 1.82) is 0 Å². The number of thiocarbonyl (C=S) groups is 1. The highest BCUT2D eigenvalue weighted by Gasteiger charge is 2.38. The van der Waals surface area contributed by atoms with E-state index in [4.69, 9.17) is 17.0 Å². The number of nitrogens with one attached hydrogen (secondary N) is 3. The second-order valence-electron chi connectivity index (χ2n) is 4.13. The molecule has 0 bridgehead atoms. The van der Waals surface area contributed by atoms with Crippen LogP contribution in [0.1, 0.15) is 0 Å². The van der Waals surface area contributed by atoms with Crippen molar-refractivity contribution < 1.29 is 14.9 Å². The summed E-state index contributed by atoms with van der Waals surface area (Å²) < 4.78 is 5.51. The van der Waals surface area contributed by atoms with Crippen LogP contribution in [0.5, 0.6) is 0 Å². The highest BCUT2D eigenvalue weighted by molar-refractivity contribution is 7.80. The van der Waals surface area contributed by atoms with E-state index in [0.29, 0.717) is 24.8 Å². The Hall–Kier alpha value is -0.730. The third-order valence-electron chi connectivity index (χ3n) is 2.81. The number of aliphatic hydroxyl groups excluding tert-OH is 2. The van der Waals surface area contributed by atoms with Crippen molar-refractivity contribution in [2.24, 2.45) is 0 Å². The standard InChI is InChI=1S/C11H21N3O3S/c1-3-4-13-5-8-10(16)9(15)7(6-17-8)14-11(18)12-2/h3,7-10,13,15-16H,1,4-6H2,2H3,(H2,12,14,18)/t7-,8+,9+,10+/m0/s1. The van der Waals surface area contributed by atoms with Crippen LogP contribution in [0.4, 0.5) is 0 Å². The van der Waals surface area contributed by atoms with Gasteiger partial charge in [-0.3, -0.25) is 0 Å². The van der Waals surface area contributed by atoms with Crippen LogP contribution in [0.2, 0.25) is 0 Å². The number of ether oxygens (including phenoxy) is 1. The van der Waals surface area contributed by atoms with E-state index in [-0.39, 0.29) is 0 Å². The van der Waals surface area contributed by atoms with E-state index in [1.807, 2.05) is 0 Å². The highest BCUT2D eigenvalue weighted by atomic mass is 32.1. The summed E-state index contributed by atoms with van der Waals surface area (Å²) in [5.74, 6) is 0. The zero-order chi connectivity index (χ0) is 13.5. The third kappa shape index (κ3) is 4.18. The van der Waals surface area contributed by atoms with Crippen molar-refractivity contribution in [3.05, 3.63) is 12.7 Å². The van der Waals surface area contributed by atoms with E-state index in [9.17, 15) is 10.2 Å². The topological polar surface area (TPSA) is 85.8 Å². The fourth-order valence-corrected chi connectivity index (χ4v) is 1.91. The SMILES string of the molecule is C=CCNC[C@H]1OC[C@H](NC(=S)NC)[C@@H](O)[C@@H]1O. The van der Waals surface area contributed by atoms with Crippen LogP contribution in [0.15, 0.2) is 12.7 Å². The summed E-state index contributed by atoms with van der Waals surface area (Å²) in [6, 6.07) is -0.407. The molecule has 0 spiro atoms. The number of hydrogen-bond donors (Lipinski definition) is 5. The Morgan fingerprint density at radius 2 is 2.22 bits per heavy atom. The van der Waals surface area contributed by atoms with Gasteiger partial charge in [-0.1, -0.05) is 6.08 Å². The average Bonchev–Trinajstić information content (AvgIpc) is 2.37. The fraction of sp³-hybridized carbons (Fsp3) is 0.727. The maximum atomic E-state index is 9.98. The van der Waals surface area contributed by atoms with Gasteiger partial charge in [0.1, 0.15) is 12.2 Å². The molecule has 1 heterocycles. The zero-order valence-corrected chi connectivity index (χ0v) is 11.2. The summed E-state index contributed by atoms with van der Waals surface area (Å²) in [7, 11) is 1.68. The zero-order valence-electron chi connectivity index (χ0n) is 10.4. The molecule has 1 saturated heterocycles. The molecule has 18 heavy (non-hydrogen) atoms. The van der Waals surface area contributed by atoms with Gasteiger partial charge < -0.3 is 30.9 Å². The minimum atomic E-state index is -0.951. The van der Waals surface area contributed by atoms with E-state index in [1.165, 1.54) is 0 Å². The molecule has 0 saturated carbocycles. The molecular weight excluding hydrogens is 254 g/mol. The van der Waals surface area contributed by atoms with Gasteiger partial charge in [0.05, 0.1) is 18.8 Å². The lowest BCUT2D eigenvalue weighted by Gasteiger charge is -2.38. The molecule has 1 aliphatic heterocycles. The first-order valence-corrected chi connectivity index (χ1v) is 6.28. The van der Waals surface area contributed by atoms with Crippen LogP contribution in [-0.4, -0.2) is 66.4 Å². The van der Waals surface area contributed by atoms with Gasteiger partial charge in [0.15, 0.2) is 5.11 Å². The molecule has 1 fully saturated rings. The Morgan fingerprint density at radius 1 is 1.50 bits per heavy atom. The molecule has 7 heteroatoms. The molecule has 0 aromatic rings. The largest absolute Gasteiger partial charge is 0.388 e. The average molecular weight is 275 g/mol. The van der Waals surface area contributed by atoms with Gasteiger partial charge in [-0.15, -0.1) is 6.58 Å². The lowest BCUT2D eigenvalue weighted by atomic mass is 9.98. The monoisotopic (exact) mass is 275 g/mol. The summed E-state index contributed by atoms with van der Waals surface area (Å²) >= 11 is 4.95. The van der Waals surface area contributed by atoms with E-state index in [1.54, 1.807) is 13.1 Å². The van der Waals surface area contributed by atoms with E-state index < -0.39 is 24.4 Å². The van der Waals surface area contributed by atoms with Crippen molar-refractivity contribution in [3.8, 4) is 0 Å². The summed E-state index contributed by atoms with van der Waals surface area (Å²) in [4.78, 5) is 0. The minimum absolute atomic E-state index is 0.292. The van der Waals surface area contributed by atoms with E-state index in [2.05, 4.69) is 22.5 Å². The predicted octanol–water partition coefficient (Wildman–Crippen LogP) is -1.65. The Morgan fingerprint density at radius 3 is 2.83 bits per heavy atom. The second kappa shape index (κ2) is 7.65. The van der Waals surface area contributed by atoms with Crippen LogP contribution >= 0.6 is 12.2 Å². The Bertz CT molecular complexity index is 291. The molecule has 4 atom stereocenters. The van der Waals surface area contributed by atoms with Crippen molar-refractivity contribution in [2.75, 3.05) is 26.7 Å². The summed E-state index contributed by atoms with van der Waals surface area (Å²) in [5, 5.41) is 29.0. The van der Waals surface area contributed by atoms with Gasteiger partial charge in [0.2, 0.25) is 0 Å². The van der Waals surface area contributed by atoms with Crippen molar-refractivity contribution in [2.45, 2.75) is 24.4 Å². The molecule has 0 aliphatic carbocycles. The van der Waals surface area contributed by atoms with Gasteiger partial charge in [-0.05, 0) is 12.2 Å². The normalized spacial score (nSPS) is 31.7. The quantitative estimate of drug-likeness (QED) is 0.233. The Labute approximate surface area is 112 Å². The maximum absolute atomic E-state index is 9.98. The lowest BCUT2D eigenvalue weighted by Crippen LogP contribution is -2.61. The van der Waals surface area contributed by atoms with Crippen LogP contribution in [0, 0.1) is 0 Å². The molecule has 0 radical (unpaired) electrons. The lowest BCUT2D eigenvalue weighted by molar-refractivity contribution is -0.145. The first-order valence-electron chi connectivity index (χ1n) is 5.87. The number of aliphatic hydroxyl groups is 2. The smallest absolute Gasteiger partial charge is 0.166 e. The van der Waals surface area contributed by atoms with Crippen LogP contribution < -0.4 is 16.0 Å². The molecule has 6 nitrogen and oxygen atoms in total. The minimum Gasteiger partial charge on any atom is -0.388 e. The summed E-state index contributed by atoms with van der Waals surface area (Å²) in [6.45, 7) is 4.98. The predicted molar refractivity (Wildman–Crippen MR) is 73.4 cm³/mol. The first-order chi connectivity index (χ1) is 8.60. The molecule has 0 amide bonds. The second-order valence-corrected chi connectivity index (χ2v) is 4.54. The van der Waals surface area contributed by atoms with Crippen LogP contribution in [-0.2, 0) is 4.74 Å². The molecular formula is C11H21N3O3S. The van der Waals surface area contributed by atoms with Gasteiger partial charge in [0.25, 0.3) is 0 Å². The van der Waals surface area contributed by atoms with Crippen LogP contribution in [0.3, 0.4) is 0 Å². The van der Waals surface area contributed by atoms with Gasteiger partial charge in [-0.25, -0.2) is 0 Å². The molecule has 104 valence electrons. The summed E-state index contributed by atoms with van der Waals surface area (Å²) in [6.07, 6.45) is -0.573. The molecule has 0 aromatic heterocycles. The molecule has 5 N–H and O–H groups in total. The number of rotatable bonds is 5. The number of hydrogen-bond acceptors (Lipinski definition) is 5. The van der Waals surface area contributed by atoms with Gasteiger partial charge in [-0.2, -0.15) is 0 Å². The Kier molecular flexibility index (Phi) is 6.51. The molecule has 0 aromatic carbocycles. The van der Waals surface area contributed by atoms with Gasteiger partial charge in [0, 0.05) is 20.1 Å². The van der Waals surface area contributed by atoms with E-state index >= 15 is 0 Å². The fourth-order valence-electron chi connectivity index (χ4n) is 1.76. The molecule has 1 aliphatic rings. The van der Waals surface area contributed by atoms with E-state index in [0.717, 1.165) is 0 Å². The van der Waals surface area contributed by atoms with Crippen molar-refractivity contribution in [3.63, 3.8) is 0 Å². The summed E-state index contributed by atoms with van der Waals surface area (Å²) in [5.41, 5.74) is 0. The maximum Gasteiger partial charge on any atom is 0.166 e. The third-order valence-corrected chi connectivity index (χ3v) is 3.13. The van der Waals surface area contributed by atoms with Crippen molar-refractivity contribution >= 4 is 17.3 Å².